The molecule has 4 rings (SSSR count). The fourth-order valence-electron chi connectivity index (χ4n) is 2.84. The minimum atomic E-state index is -3.74. The number of benzene rings is 2. The molecule has 0 aliphatic carbocycles. The first-order chi connectivity index (χ1) is 14.7. The highest BCUT2D eigenvalue weighted by Crippen LogP contribution is 2.30. The molecule has 2 aromatic heterocycles. The van der Waals surface area contributed by atoms with E-state index in [0.717, 1.165) is 12.1 Å². The number of hydrogen-bond acceptors (Lipinski definition) is 7. The molecule has 0 aliphatic heterocycles. The van der Waals surface area contributed by atoms with Gasteiger partial charge in [-0.05, 0) is 38.1 Å². The Morgan fingerprint density at radius 2 is 1.84 bits per heavy atom. The van der Waals surface area contributed by atoms with Crippen LogP contribution in [0.2, 0.25) is 0 Å². The van der Waals surface area contributed by atoms with E-state index in [1.807, 2.05) is 0 Å². The number of H-pyrrole nitrogens is 1. The first-order valence-corrected chi connectivity index (χ1v) is 10.6. The number of nitrogens with one attached hydrogen (secondary N) is 2. The minimum Gasteiger partial charge on any atom is -0.421 e. The van der Waals surface area contributed by atoms with Gasteiger partial charge >= 0.3 is 6.01 Å². The molecule has 8 nitrogen and oxygen atoms in total. The molecule has 0 saturated carbocycles. The van der Waals surface area contributed by atoms with Crippen molar-refractivity contribution in [2.45, 2.75) is 23.6 Å². The summed E-state index contributed by atoms with van der Waals surface area (Å²) < 4.78 is 58.1. The largest absolute Gasteiger partial charge is 0.421 e. The van der Waals surface area contributed by atoms with Gasteiger partial charge in [0.25, 0.3) is 0 Å². The number of aromatic amines is 1. The van der Waals surface area contributed by atoms with Crippen molar-refractivity contribution in [2.75, 3.05) is 5.32 Å². The molecule has 0 aliphatic rings. The van der Waals surface area contributed by atoms with E-state index >= 15 is 0 Å². The maximum absolute atomic E-state index is 13.8. The van der Waals surface area contributed by atoms with Crippen LogP contribution in [0.3, 0.4) is 0 Å². The lowest BCUT2D eigenvalue weighted by molar-refractivity contribution is 0.409. The predicted octanol–water partition coefficient (Wildman–Crippen LogP) is 4.05. The van der Waals surface area contributed by atoms with Crippen LogP contribution in [-0.2, 0) is 9.84 Å². The van der Waals surface area contributed by atoms with E-state index in [2.05, 4.69) is 25.5 Å². The summed E-state index contributed by atoms with van der Waals surface area (Å²) in [7, 11) is -3.74. The molecule has 2 heterocycles. The highest BCUT2D eigenvalue weighted by atomic mass is 32.2. The SMILES string of the molecule is CC(C)(Nc1n[nH]c2nc(Oc3ccc(F)cc3F)ncc12)S(=O)(=O)c1ccccc1. The maximum atomic E-state index is 13.8. The van der Waals surface area contributed by atoms with Crippen molar-refractivity contribution >= 4 is 26.7 Å². The van der Waals surface area contributed by atoms with Gasteiger partial charge in [0, 0.05) is 12.3 Å². The number of aromatic nitrogens is 4. The predicted molar refractivity (Wildman–Crippen MR) is 109 cm³/mol. The lowest BCUT2D eigenvalue weighted by Crippen LogP contribution is -2.40. The molecule has 2 N–H and O–H groups in total. The van der Waals surface area contributed by atoms with Crippen LogP contribution in [0.5, 0.6) is 11.8 Å². The normalized spacial score (nSPS) is 12.1. The summed E-state index contributed by atoms with van der Waals surface area (Å²) in [6.45, 7) is 3.04. The van der Waals surface area contributed by atoms with Gasteiger partial charge in [0.05, 0.1) is 10.3 Å². The third-order valence-electron chi connectivity index (χ3n) is 4.54. The number of sulfone groups is 1. The molecule has 0 amide bonds. The smallest absolute Gasteiger partial charge is 0.324 e. The first kappa shape index (κ1) is 20.7. The van der Waals surface area contributed by atoms with E-state index in [-0.39, 0.29) is 28.1 Å². The number of fused-ring (bicyclic) bond motifs is 1. The number of rotatable bonds is 6. The molecule has 4 aromatic rings. The Labute approximate surface area is 176 Å². The summed E-state index contributed by atoms with van der Waals surface area (Å²) in [6.07, 6.45) is 1.36. The molecule has 0 bridgehead atoms. The second-order valence-electron chi connectivity index (χ2n) is 7.12. The quantitative estimate of drug-likeness (QED) is 0.461. The van der Waals surface area contributed by atoms with E-state index in [4.69, 9.17) is 4.74 Å². The van der Waals surface area contributed by atoms with Crippen molar-refractivity contribution in [2.24, 2.45) is 0 Å². The summed E-state index contributed by atoms with van der Waals surface area (Å²) in [5.74, 6) is -1.66. The van der Waals surface area contributed by atoms with E-state index < -0.39 is 26.3 Å². The Kier molecular flexibility index (Phi) is 5.05. The van der Waals surface area contributed by atoms with Gasteiger partial charge in [0.15, 0.2) is 23.0 Å². The highest BCUT2D eigenvalue weighted by molar-refractivity contribution is 7.92. The van der Waals surface area contributed by atoms with Crippen molar-refractivity contribution in [3.63, 3.8) is 0 Å². The van der Waals surface area contributed by atoms with Crippen molar-refractivity contribution in [1.82, 2.24) is 20.2 Å². The molecule has 0 saturated heterocycles. The van der Waals surface area contributed by atoms with E-state index in [0.29, 0.717) is 11.5 Å². The van der Waals surface area contributed by atoms with Gasteiger partial charge in [-0.2, -0.15) is 10.1 Å². The second-order valence-corrected chi connectivity index (χ2v) is 9.61. The molecule has 160 valence electrons. The zero-order valence-electron chi connectivity index (χ0n) is 16.4. The Balaban J connectivity index is 1.61. The second kappa shape index (κ2) is 7.58. The fourth-order valence-corrected chi connectivity index (χ4v) is 4.18. The van der Waals surface area contributed by atoms with Gasteiger partial charge in [-0.15, -0.1) is 0 Å². The molecule has 2 aromatic carbocycles. The summed E-state index contributed by atoms with van der Waals surface area (Å²) in [6, 6.07) is 10.7. The van der Waals surface area contributed by atoms with Crippen LogP contribution in [-0.4, -0.2) is 33.5 Å². The number of ether oxygens (including phenoxy) is 1. The van der Waals surface area contributed by atoms with Crippen molar-refractivity contribution in [1.29, 1.82) is 0 Å². The van der Waals surface area contributed by atoms with Crippen LogP contribution in [0.1, 0.15) is 13.8 Å². The van der Waals surface area contributed by atoms with Gasteiger partial charge in [-0.3, -0.25) is 5.10 Å². The first-order valence-electron chi connectivity index (χ1n) is 9.09. The lowest BCUT2D eigenvalue weighted by atomic mass is 10.3. The third kappa shape index (κ3) is 3.91. The van der Waals surface area contributed by atoms with E-state index in [9.17, 15) is 17.2 Å². The highest BCUT2D eigenvalue weighted by Gasteiger charge is 2.36. The average Bonchev–Trinajstić information content (AvgIpc) is 3.12. The fraction of sp³-hybridized carbons (Fsp3) is 0.150. The summed E-state index contributed by atoms with van der Waals surface area (Å²) in [5.41, 5.74) is 0.239. The topological polar surface area (TPSA) is 110 Å². The molecular weight excluding hydrogens is 428 g/mol. The Bertz CT molecular complexity index is 1360. The van der Waals surface area contributed by atoms with Gasteiger partial charge in [0.2, 0.25) is 9.84 Å². The molecule has 0 fully saturated rings. The van der Waals surface area contributed by atoms with Crippen LogP contribution in [0.4, 0.5) is 14.6 Å². The van der Waals surface area contributed by atoms with Crippen LogP contribution in [0.25, 0.3) is 11.0 Å². The zero-order chi connectivity index (χ0) is 22.2. The van der Waals surface area contributed by atoms with Crippen LogP contribution in [0, 0.1) is 11.6 Å². The van der Waals surface area contributed by atoms with Gasteiger partial charge < -0.3 is 10.1 Å². The standard InChI is InChI=1S/C20H17F2N5O3S/c1-20(2,31(28,29)13-6-4-3-5-7-13)25-18-14-11-23-19(24-17(14)26-27-18)30-16-9-8-12(21)10-15(16)22/h3-11H,1-2H3,(H2,23,24,25,26,27). The van der Waals surface area contributed by atoms with Crippen LogP contribution >= 0.6 is 0 Å². The minimum absolute atomic E-state index is 0.167. The molecule has 0 unspecified atom stereocenters. The summed E-state index contributed by atoms with van der Waals surface area (Å²) in [4.78, 5) is 6.88. The van der Waals surface area contributed by atoms with Crippen molar-refractivity contribution < 1.29 is 21.9 Å². The molecule has 11 heteroatoms. The van der Waals surface area contributed by atoms with E-state index in [1.165, 1.54) is 32.2 Å². The number of hydrogen-bond donors (Lipinski definition) is 2. The molecule has 31 heavy (non-hydrogen) atoms. The van der Waals surface area contributed by atoms with Crippen LogP contribution < -0.4 is 10.1 Å². The Morgan fingerprint density at radius 3 is 2.55 bits per heavy atom. The van der Waals surface area contributed by atoms with Crippen molar-refractivity contribution in [3.8, 4) is 11.8 Å². The summed E-state index contributed by atoms with van der Waals surface area (Å²) in [5, 5.41) is 10.1. The van der Waals surface area contributed by atoms with Gasteiger partial charge in [-0.1, -0.05) is 18.2 Å². The molecule has 0 atom stereocenters. The number of halogens is 2. The van der Waals surface area contributed by atoms with Crippen molar-refractivity contribution in [3.05, 3.63) is 66.4 Å². The Morgan fingerprint density at radius 1 is 1.10 bits per heavy atom. The number of nitrogens with zero attached hydrogens (tertiary/aromatic N) is 3. The molecule has 0 radical (unpaired) electrons. The zero-order valence-corrected chi connectivity index (χ0v) is 17.2. The molecular formula is C20H17F2N5O3S. The van der Waals surface area contributed by atoms with E-state index in [1.54, 1.807) is 18.2 Å². The summed E-state index contributed by atoms with van der Waals surface area (Å²) >= 11 is 0. The lowest BCUT2D eigenvalue weighted by Gasteiger charge is -2.26. The maximum Gasteiger partial charge on any atom is 0.324 e. The van der Waals surface area contributed by atoms with Gasteiger partial charge in [0.1, 0.15) is 10.7 Å². The number of anilines is 1. The average molecular weight is 445 g/mol. The van der Waals surface area contributed by atoms with Gasteiger partial charge in [-0.25, -0.2) is 22.2 Å². The molecule has 0 spiro atoms. The van der Waals surface area contributed by atoms with Crippen LogP contribution in [0.15, 0.2) is 59.6 Å². The monoisotopic (exact) mass is 445 g/mol. The Hall–Kier alpha value is -3.60. The third-order valence-corrected chi connectivity index (χ3v) is 6.87.